The number of carbonyl (C=O) groups is 1. The van der Waals surface area contributed by atoms with Gasteiger partial charge in [0.25, 0.3) is 0 Å². The van der Waals surface area contributed by atoms with Gasteiger partial charge in [-0.05, 0) is 74.3 Å². The van der Waals surface area contributed by atoms with E-state index in [0.29, 0.717) is 23.3 Å². The predicted molar refractivity (Wildman–Crippen MR) is 126 cm³/mol. The van der Waals surface area contributed by atoms with Crippen molar-refractivity contribution in [1.29, 1.82) is 0 Å². The normalized spacial score (nSPS) is 36.4. The molecule has 0 aliphatic heterocycles. The minimum atomic E-state index is -0.231. The summed E-state index contributed by atoms with van der Waals surface area (Å²) >= 11 is 0. The third kappa shape index (κ3) is 4.77. The lowest BCUT2D eigenvalue weighted by Crippen LogP contribution is -2.55. The number of benzene rings is 1. The number of nitrogens with one attached hydrogen (secondary N) is 1. The number of carbonyl (C=O) groups excluding carboxylic acids is 1. The van der Waals surface area contributed by atoms with Crippen LogP contribution in [0.25, 0.3) is 0 Å². The van der Waals surface area contributed by atoms with E-state index in [1.165, 1.54) is 70.4 Å². The number of fused-ring (bicyclic) bond motifs is 2. The minimum Gasteiger partial charge on any atom is -0.353 e. The van der Waals surface area contributed by atoms with Crippen LogP contribution in [0.1, 0.15) is 97.0 Å². The number of hydrogen-bond acceptors (Lipinski definition) is 2. The molecule has 3 saturated carbocycles. The third-order valence-corrected chi connectivity index (χ3v) is 8.42. The maximum Gasteiger partial charge on any atom is 0.226 e. The fourth-order valence-electron chi connectivity index (χ4n) is 7.18. The van der Waals surface area contributed by atoms with Crippen molar-refractivity contribution in [2.45, 2.75) is 103 Å². The van der Waals surface area contributed by atoms with Crippen LogP contribution in [0.5, 0.6) is 0 Å². The van der Waals surface area contributed by atoms with Crippen LogP contribution in [0.3, 0.4) is 0 Å². The molecule has 3 aliphatic rings. The highest BCUT2D eigenvalue weighted by atomic mass is 16.2. The highest BCUT2D eigenvalue weighted by Crippen LogP contribution is 2.61. The van der Waals surface area contributed by atoms with Crippen LogP contribution in [0, 0.1) is 16.7 Å². The first-order valence-corrected chi connectivity index (χ1v) is 12.3. The van der Waals surface area contributed by atoms with Gasteiger partial charge in [-0.2, -0.15) is 0 Å². The van der Waals surface area contributed by atoms with Gasteiger partial charge in [0, 0.05) is 11.5 Å². The van der Waals surface area contributed by atoms with Gasteiger partial charge in [0.15, 0.2) is 0 Å². The lowest BCUT2D eigenvalue weighted by Gasteiger charge is -2.57. The summed E-state index contributed by atoms with van der Waals surface area (Å²) < 4.78 is 0. The van der Waals surface area contributed by atoms with E-state index in [-0.39, 0.29) is 10.8 Å². The van der Waals surface area contributed by atoms with Crippen molar-refractivity contribution >= 4 is 5.91 Å². The van der Waals surface area contributed by atoms with Gasteiger partial charge in [0.05, 0.1) is 0 Å². The summed E-state index contributed by atoms with van der Waals surface area (Å²) in [6.45, 7) is 7.11. The summed E-state index contributed by atoms with van der Waals surface area (Å²) in [7, 11) is 1.50. The van der Waals surface area contributed by atoms with Gasteiger partial charge in [-0.25, -0.2) is 0 Å². The molecule has 1 aromatic rings. The van der Waals surface area contributed by atoms with Crippen LogP contribution < -0.4 is 11.1 Å². The first-order valence-electron chi connectivity index (χ1n) is 12.3. The first kappa shape index (κ1) is 23.3. The van der Waals surface area contributed by atoms with Crippen molar-refractivity contribution in [3.8, 4) is 0 Å². The Hall–Kier alpha value is -1.35. The molecule has 0 radical (unpaired) electrons. The SMILES string of the molecule is CC[C@@]1(C)CC2CC(C)(C(=O)NC3CCCCC3)CC(c3ccccc3)(C2)C1.CN. The third-order valence-electron chi connectivity index (χ3n) is 8.42. The maximum atomic E-state index is 13.5. The smallest absolute Gasteiger partial charge is 0.226 e. The van der Waals surface area contributed by atoms with Crippen molar-refractivity contribution in [3.05, 3.63) is 35.9 Å². The molecule has 4 atom stereocenters. The summed E-state index contributed by atoms with van der Waals surface area (Å²) in [4.78, 5) is 13.5. The van der Waals surface area contributed by atoms with Gasteiger partial charge in [0.2, 0.25) is 5.91 Å². The van der Waals surface area contributed by atoms with Crippen molar-refractivity contribution in [2.75, 3.05) is 7.05 Å². The van der Waals surface area contributed by atoms with E-state index in [4.69, 9.17) is 0 Å². The lowest BCUT2D eigenvalue weighted by atomic mass is 9.47. The Balaban J connectivity index is 0.00000124. The summed E-state index contributed by atoms with van der Waals surface area (Å²) in [5.41, 5.74) is 6.30. The van der Waals surface area contributed by atoms with Crippen molar-refractivity contribution < 1.29 is 4.79 Å². The number of amides is 1. The monoisotopic (exact) mass is 412 g/mol. The second-order valence-electron chi connectivity index (χ2n) is 11.0. The van der Waals surface area contributed by atoms with Gasteiger partial charge < -0.3 is 11.1 Å². The summed E-state index contributed by atoms with van der Waals surface area (Å²) in [5.74, 6) is 0.999. The Bertz CT molecular complexity index is 698. The van der Waals surface area contributed by atoms with Crippen LogP contribution in [-0.4, -0.2) is 19.0 Å². The van der Waals surface area contributed by atoms with Gasteiger partial charge >= 0.3 is 0 Å². The molecule has 168 valence electrons. The fraction of sp³-hybridized carbons (Fsp3) is 0.741. The molecule has 0 spiro atoms. The number of rotatable bonds is 4. The zero-order chi connectivity index (χ0) is 21.8. The Labute approximate surface area is 184 Å². The molecule has 4 rings (SSSR count). The molecule has 1 aromatic carbocycles. The van der Waals surface area contributed by atoms with E-state index in [1.807, 2.05) is 0 Å². The van der Waals surface area contributed by atoms with Gasteiger partial charge in [0.1, 0.15) is 0 Å². The zero-order valence-electron chi connectivity index (χ0n) is 19.8. The molecule has 1 amide bonds. The molecule has 3 fully saturated rings. The molecule has 0 aromatic heterocycles. The first-order chi connectivity index (χ1) is 14.4. The van der Waals surface area contributed by atoms with E-state index in [9.17, 15) is 4.79 Å². The molecule has 2 bridgehead atoms. The van der Waals surface area contributed by atoms with E-state index in [2.05, 4.69) is 62.2 Å². The molecule has 3 N–H and O–H groups in total. The average molecular weight is 413 g/mol. The lowest BCUT2D eigenvalue weighted by molar-refractivity contribution is -0.139. The Morgan fingerprint density at radius 3 is 2.30 bits per heavy atom. The highest BCUT2D eigenvalue weighted by molar-refractivity contribution is 5.83. The molecule has 0 saturated heterocycles. The number of hydrogen-bond donors (Lipinski definition) is 2. The van der Waals surface area contributed by atoms with Gasteiger partial charge in [-0.1, -0.05) is 76.8 Å². The Morgan fingerprint density at radius 2 is 1.67 bits per heavy atom. The molecular weight excluding hydrogens is 368 g/mol. The fourth-order valence-corrected chi connectivity index (χ4v) is 7.18. The zero-order valence-corrected chi connectivity index (χ0v) is 19.8. The average Bonchev–Trinajstić information content (AvgIpc) is 2.75. The summed E-state index contributed by atoms with van der Waals surface area (Å²) in [6.07, 6.45) is 13.3. The van der Waals surface area contributed by atoms with Gasteiger partial charge in [-0.3, -0.25) is 4.79 Å². The van der Waals surface area contributed by atoms with E-state index in [1.54, 1.807) is 0 Å². The van der Waals surface area contributed by atoms with Crippen LogP contribution in [0.15, 0.2) is 30.3 Å². The predicted octanol–water partition coefficient (Wildman–Crippen LogP) is 5.96. The largest absolute Gasteiger partial charge is 0.353 e. The quantitative estimate of drug-likeness (QED) is 0.640. The molecule has 3 nitrogen and oxygen atoms in total. The maximum absolute atomic E-state index is 13.5. The van der Waals surface area contributed by atoms with Crippen LogP contribution in [-0.2, 0) is 10.2 Å². The van der Waals surface area contributed by atoms with Gasteiger partial charge in [-0.15, -0.1) is 0 Å². The standard InChI is InChI=1S/C26H39NO.CH5N/c1-4-24(2)15-20-16-25(3,23(28)27-22-13-9-6-10-14-22)19-26(17-20,18-24)21-11-7-5-8-12-21;1-2/h5,7-8,11-12,20,22H,4,6,9-10,13-19H2,1-3H3,(H,27,28);2H2,1H3/t20?,24-,25?,26?;/m0./s1. The van der Waals surface area contributed by atoms with Crippen molar-refractivity contribution in [2.24, 2.45) is 22.5 Å². The minimum absolute atomic E-state index is 0.159. The molecule has 3 heteroatoms. The van der Waals surface area contributed by atoms with E-state index in [0.717, 1.165) is 12.8 Å². The summed E-state index contributed by atoms with van der Waals surface area (Å²) in [5, 5.41) is 3.48. The topological polar surface area (TPSA) is 55.1 Å². The van der Waals surface area contributed by atoms with E-state index >= 15 is 0 Å². The van der Waals surface area contributed by atoms with Crippen LogP contribution in [0.2, 0.25) is 0 Å². The molecule has 0 heterocycles. The Morgan fingerprint density at radius 1 is 1.00 bits per heavy atom. The molecular formula is C27H44N2O. The second kappa shape index (κ2) is 9.42. The van der Waals surface area contributed by atoms with Crippen molar-refractivity contribution in [1.82, 2.24) is 5.32 Å². The molecule has 3 unspecified atom stereocenters. The summed E-state index contributed by atoms with van der Waals surface area (Å²) in [6, 6.07) is 11.5. The van der Waals surface area contributed by atoms with Crippen LogP contribution >= 0.6 is 0 Å². The van der Waals surface area contributed by atoms with Crippen LogP contribution in [0.4, 0.5) is 0 Å². The van der Waals surface area contributed by atoms with E-state index < -0.39 is 0 Å². The molecule has 30 heavy (non-hydrogen) atoms. The second-order valence-corrected chi connectivity index (χ2v) is 11.0. The van der Waals surface area contributed by atoms with Crippen molar-refractivity contribution in [3.63, 3.8) is 0 Å². The Kier molecular flexibility index (Phi) is 7.32. The molecule has 3 aliphatic carbocycles. The highest BCUT2D eigenvalue weighted by Gasteiger charge is 2.56. The number of nitrogens with two attached hydrogens (primary N) is 1.